The normalized spacial score (nSPS) is 11.3. The monoisotopic (exact) mass is 744 g/mol. The number of hydrogen-bond acceptors (Lipinski definition) is 15. The van der Waals surface area contributed by atoms with Gasteiger partial charge in [0.2, 0.25) is 11.8 Å². The first kappa shape index (κ1) is 49.4. The Balaban J connectivity index is 3.09. The van der Waals surface area contributed by atoms with E-state index in [0.29, 0.717) is 191 Å². The molecule has 0 fully saturated rings. The number of rotatable bonds is 44. The van der Waals surface area contributed by atoms with Crippen molar-refractivity contribution in [2.24, 2.45) is 0 Å². The highest BCUT2D eigenvalue weighted by atomic mass is 16.6. The summed E-state index contributed by atoms with van der Waals surface area (Å²) < 4.78 is 70.6. The van der Waals surface area contributed by atoms with E-state index < -0.39 is 0 Å². The number of hydrogen-bond donors (Lipinski definition) is 2. The van der Waals surface area contributed by atoms with E-state index in [9.17, 15) is 9.59 Å². The second kappa shape index (κ2) is 44.6. The van der Waals surface area contributed by atoms with Gasteiger partial charge in [0, 0.05) is 33.0 Å². The third-order valence-electron chi connectivity index (χ3n) is 6.10. The van der Waals surface area contributed by atoms with Gasteiger partial charge in [-0.25, -0.2) is 0 Å². The lowest BCUT2D eigenvalue weighted by Gasteiger charge is -2.09. The molecule has 0 aromatic carbocycles. The fourth-order valence-corrected chi connectivity index (χ4v) is 3.58. The summed E-state index contributed by atoms with van der Waals surface area (Å²) in [6, 6.07) is 0. The lowest BCUT2D eigenvalue weighted by atomic mass is 10.4. The van der Waals surface area contributed by atoms with Gasteiger partial charge in [-0.05, 0) is 6.42 Å². The number of carbonyl (C=O) groups excluding carboxylic acids is 2. The molecule has 0 aliphatic heterocycles. The largest absolute Gasteiger partial charge is 0.380 e. The second-order valence-electron chi connectivity index (χ2n) is 10.5. The Morgan fingerprint density at radius 1 is 0.333 bits per heavy atom. The van der Waals surface area contributed by atoms with E-state index in [-0.39, 0.29) is 11.8 Å². The Hall–Kier alpha value is -1.58. The van der Waals surface area contributed by atoms with Crippen LogP contribution in [0.15, 0.2) is 0 Å². The van der Waals surface area contributed by atoms with Crippen LogP contribution in [0.5, 0.6) is 0 Å². The van der Waals surface area contributed by atoms with E-state index in [1.54, 1.807) is 0 Å². The van der Waals surface area contributed by atoms with Crippen molar-refractivity contribution in [2.75, 3.05) is 185 Å². The van der Waals surface area contributed by atoms with Crippen molar-refractivity contribution >= 4 is 11.8 Å². The van der Waals surface area contributed by atoms with Gasteiger partial charge in [-0.1, -0.05) is 6.92 Å². The topological polar surface area (TPSA) is 178 Å². The molecule has 0 bridgehead atoms. The molecular formula is C34H68N2O15. The lowest BCUT2D eigenvalue weighted by Crippen LogP contribution is -2.28. The summed E-state index contributed by atoms with van der Waals surface area (Å²) in [7, 11) is 0. The summed E-state index contributed by atoms with van der Waals surface area (Å²) in [6.07, 6.45) is 1.29. The molecule has 0 rings (SSSR count). The molecule has 51 heavy (non-hydrogen) atoms. The molecule has 2 N–H and O–H groups in total. The van der Waals surface area contributed by atoms with Gasteiger partial charge in [0.05, 0.1) is 165 Å². The van der Waals surface area contributed by atoms with Gasteiger partial charge < -0.3 is 72.2 Å². The summed E-state index contributed by atoms with van der Waals surface area (Å²) >= 11 is 0. The van der Waals surface area contributed by atoms with Gasteiger partial charge in [0.25, 0.3) is 0 Å². The average molecular weight is 745 g/mol. The highest BCUT2D eigenvalue weighted by molar-refractivity contribution is 5.75. The van der Waals surface area contributed by atoms with Crippen molar-refractivity contribution in [3.05, 3.63) is 0 Å². The van der Waals surface area contributed by atoms with E-state index in [4.69, 9.17) is 61.6 Å². The van der Waals surface area contributed by atoms with Crippen LogP contribution < -0.4 is 10.6 Å². The fraction of sp³-hybridized carbons (Fsp3) is 0.941. The van der Waals surface area contributed by atoms with Crippen molar-refractivity contribution in [3.63, 3.8) is 0 Å². The molecule has 0 aromatic heterocycles. The Bertz CT molecular complexity index is 713. The van der Waals surface area contributed by atoms with E-state index >= 15 is 0 Å². The van der Waals surface area contributed by atoms with Crippen LogP contribution in [0.4, 0.5) is 0 Å². The molecule has 0 aliphatic carbocycles. The molecule has 17 heteroatoms. The zero-order valence-electron chi connectivity index (χ0n) is 31.3. The highest BCUT2D eigenvalue weighted by Gasteiger charge is 2.01. The van der Waals surface area contributed by atoms with Gasteiger partial charge in [-0.15, -0.1) is 0 Å². The molecule has 0 atom stereocenters. The minimum Gasteiger partial charge on any atom is -0.380 e. The van der Waals surface area contributed by atoms with Crippen molar-refractivity contribution in [1.82, 2.24) is 10.6 Å². The van der Waals surface area contributed by atoms with Gasteiger partial charge in [0.15, 0.2) is 0 Å². The molecule has 0 heterocycles. The molecule has 0 radical (unpaired) electrons. The van der Waals surface area contributed by atoms with E-state index in [1.165, 1.54) is 6.92 Å². The van der Waals surface area contributed by atoms with Crippen LogP contribution in [-0.2, 0) is 71.2 Å². The van der Waals surface area contributed by atoms with E-state index in [2.05, 4.69) is 10.6 Å². The third-order valence-corrected chi connectivity index (χ3v) is 6.10. The quantitative estimate of drug-likeness (QED) is 0.0812. The molecule has 0 spiro atoms. The van der Waals surface area contributed by atoms with Gasteiger partial charge in [0.1, 0.15) is 0 Å². The number of amides is 2. The first-order chi connectivity index (χ1) is 25.2. The molecule has 2 amide bonds. The Morgan fingerprint density at radius 3 is 0.843 bits per heavy atom. The predicted octanol–water partition coefficient (Wildman–Crippen LogP) is 0.255. The van der Waals surface area contributed by atoms with Crippen molar-refractivity contribution in [3.8, 4) is 0 Å². The van der Waals surface area contributed by atoms with Crippen molar-refractivity contribution in [1.29, 1.82) is 0 Å². The fourth-order valence-electron chi connectivity index (χ4n) is 3.58. The van der Waals surface area contributed by atoms with Crippen LogP contribution in [0.25, 0.3) is 0 Å². The first-order valence-electron chi connectivity index (χ1n) is 18.2. The Morgan fingerprint density at radius 2 is 0.569 bits per heavy atom. The first-order valence-corrected chi connectivity index (χ1v) is 18.2. The maximum atomic E-state index is 11.6. The van der Waals surface area contributed by atoms with Crippen LogP contribution in [-0.4, -0.2) is 197 Å². The zero-order chi connectivity index (χ0) is 37.0. The van der Waals surface area contributed by atoms with Crippen LogP contribution in [0.3, 0.4) is 0 Å². The zero-order valence-corrected chi connectivity index (χ0v) is 31.3. The Labute approximate surface area is 305 Å². The second-order valence-corrected chi connectivity index (χ2v) is 10.5. The number of nitrogens with one attached hydrogen (secondary N) is 2. The van der Waals surface area contributed by atoms with Crippen LogP contribution in [0.2, 0.25) is 0 Å². The summed E-state index contributed by atoms with van der Waals surface area (Å²) in [5.74, 6) is -0.108. The Kier molecular flexibility index (Phi) is 43.2. The molecular weight excluding hydrogens is 676 g/mol. The summed E-state index contributed by atoms with van der Waals surface area (Å²) in [6.45, 7) is 17.3. The van der Waals surface area contributed by atoms with Gasteiger partial charge >= 0.3 is 0 Å². The third kappa shape index (κ3) is 46.4. The molecule has 0 aromatic rings. The predicted molar refractivity (Wildman–Crippen MR) is 187 cm³/mol. The van der Waals surface area contributed by atoms with Crippen LogP contribution >= 0.6 is 0 Å². The van der Waals surface area contributed by atoms with Gasteiger partial charge in [-0.2, -0.15) is 0 Å². The average Bonchev–Trinajstić information content (AvgIpc) is 3.12. The number of carbonyl (C=O) groups is 2. The minimum absolute atomic E-state index is 0.0432. The smallest absolute Gasteiger partial charge is 0.222 e. The summed E-state index contributed by atoms with van der Waals surface area (Å²) in [5, 5.41) is 5.45. The summed E-state index contributed by atoms with van der Waals surface area (Å²) in [4.78, 5) is 22.3. The molecule has 0 unspecified atom stereocenters. The maximum Gasteiger partial charge on any atom is 0.222 e. The molecule has 304 valence electrons. The summed E-state index contributed by atoms with van der Waals surface area (Å²) in [5.41, 5.74) is 0. The van der Waals surface area contributed by atoms with E-state index in [1.807, 2.05) is 6.92 Å². The SMILES string of the molecule is CCCOCCNC(=O)CCOCCOCCOCCOCCOCCOCCOCCOCCOCCOCCOCCOCCNC(C)=O. The molecule has 17 nitrogen and oxygen atoms in total. The minimum atomic E-state index is -0.0648. The molecule has 0 saturated heterocycles. The van der Waals surface area contributed by atoms with Gasteiger partial charge in [-0.3, -0.25) is 9.59 Å². The van der Waals surface area contributed by atoms with Crippen molar-refractivity contribution in [2.45, 2.75) is 26.7 Å². The molecule has 0 aliphatic rings. The van der Waals surface area contributed by atoms with Crippen molar-refractivity contribution < 1.29 is 71.2 Å². The maximum absolute atomic E-state index is 11.6. The molecule has 0 saturated carbocycles. The highest BCUT2D eigenvalue weighted by Crippen LogP contribution is 1.89. The van der Waals surface area contributed by atoms with Crippen LogP contribution in [0.1, 0.15) is 26.7 Å². The standard InChI is InChI=1S/C34H68N2O15/c1-3-7-39-10-6-36-34(38)4-8-40-11-13-42-15-17-44-19-21-46-23-25-48-27-29-50-31-32-51-30-28-49-26-24-47-22-20-45-18-16-43-14-12-41-9-5-35-33(2)37/h3-32H2,1-2H3,(H,35,37)(H,36,38). The lowest BCUT2D eigenvalue weighted by molar-refractivity contribution is -0.122. The number of ether oxygens (including phenoxy) is 13. The van der Waals surface area contributed by atoms with Crippen LogP contribution in [0, 0.1) is 0 Å². The van der Waals surface area contributed by atoms with E-state index in [0.717, 1.165) is 6.42 Å².